The average molecular weight is 520 g/mol. The SMILES string of the molecule is OC[C@H]1OC(CO)(O[C@H]2O[C@H](CO)[C@](O)(C3O[C@@](O)(CO)[C@@H](O)[C@H](O)[C@@H]3O)[C@H](O)[C@H]2O)[C@@H](O)[C@@H]1O. The highest BCUT2D eigenvalue weighted by Gasteiger charge is 2.67. The molecular weight excluding hydrogens is 488 g/mol. The zero-order valence-electron chi connectivity index (χ0n) is 18.1. The molecule has 206 valence electrons. The molecular formula is C18H32O17. The summed E-state index contributed by atoms with van der Waals surface area (Å²) in [5, 5.41) is 132. The first-order valence-corrected chi connectivity index (χ1v) is 10.6. The zero-order valence-corrected chi connectivity index (χ0v) is 18.1. The van der Waals surface area contributed by atoms with Crippen LogP contribution in [0.4, 0.5) is 0 Å². The fourth-order valence-electron chi connectivity index (χ4n) is 4.56. The van der Waals surface area contributed by atoms with E-state index >= 15 is 0 Å². The third-order valence-electron chi connectivity index (χ3n) is 6.74. The van der Waals surface area contributed by atoms with Gasteiger partial charge in [0.05, 0.1) is 19.8 Å². The van der Waals surface area contributed by atoms with E-state index in [0.717, 1.165) is 0 Å². The molecule has 3 saturated heterocycles. The lowest BCUT2D eigenvalue weighted by molar-refractivity contribution is -0.430. The third kappa shape index (κ3) is 4.39. The predicted molar refractivity (Wildman–Crippen MR) is 103 cm³/mol. The summed E-state index contributed by atoms with van der Waals surface area (Å²) >= 11 is 0. The Bertz CT molecular complexity index is 725. The molecule has 0 spiro atoms. The highest BCUT2D eigenvalue weighted by Crippen LogP contribution is 2.43. The van der Waals surface area contributed by atoms with Crippen LogP contribution < -0.4 is 0 Å². The second kappa shape index (κ2) is 10.2. The molecule has 13 N–H and O–H groups in total. The lowest BCUT2D eigenvalue weighted by Crippen LogP contribution is -2.79. The molecule has 0 amide bonds. The number of aliphatic hydroxyl groups is 13. The fourth-order valence-corrected chi connectivity index (χ4v) is 4.56. The maximum Gasteiger partial charge on any atom is 0.224 e. The van der Waals surface area contributed by atoms with Gasteiger partial charge in [-0.05, 0) is 0 Å². The van der Waals surface area contributed by atoms with Gasteiger partial charge in [0.25, 0.3) is 0 Å². The summed E-state index contributed by atoms with van der Waals surface area (Å²) in [5.41, 5.74) is -3.04. The van der Waals surface area contributed by atoms with E-state index in [0.29, 0.717) is 0 Å². The molecule has 0 radical (unpaired) electrons. The highest BCUT2D eigenvalue weighted by atomic mass is 16.8. The van der Waals surface area contributed by atoms with Crippen LogP contribution in [0.15, 0.2) is 0 Å². The molecule has 17 heteroatoms. The Labute approximate surface area is 197 Å². The van der Waals surface area contributed by atoms with Gasteiger partial charge in [-0.25, -0.2) is 0 Å². The van der Waals surface area contributed by atoms with Crippen LogP contribution in [0.25, 0.3) is 0 Å². The molecule has 3 aliphatic rings. The maximum absolute atomic E-state index is 11.2. The van der Waals surface area contributed by atoms with E-state index in [9.17, 15) is 66.4 Å². The molecule has 2 unspecified atom stereocenters. The van der Waals surface area contributed by atoms with E-state index in [1.165, 1.54) is 0 Å². The fraction of sp³-hybridized carbons (Fsp3) is 1.00. The van der Waals surface area contributed by atoms with Crippen molar-refractivity contribution in [3.63, 3.8) is 0 Å². The van der Waals surface area contributed by atoms with Crippen molar-refractivity contribution in [3.8, 4) is 0 Å². The number of rotatable bonds is 7. The summed E-state index contributed by atoms with van der Waals surface area (Å²) in [6, 6.07) is 0. The lowest BCUT2D eigenvalue weighted by Gasteiger charge is -2.56. The van der Waals surface area contributed by atoms with Crippen LogP contribution in [0.1, 0.15) is 0 Å². The minimum atomic E-state index is -3.04. The first-order chi connectivity index (χ1) is 16.3. The molecule has 3 heterocycles. The summed E-state index contributed by atoms with van der Waals surface area (Å²) in [6.07, 6.45) is -23.2. The third-order valence-corrected chi connectivity index (χ3v) is 6.74. The molecule has 3 aliphatic heterocycles. The van der Waals surface area contributed by atoms with Gasteiger partial charge in [0.2, 0.25) is 11.6 Å². The summed E-state index contributed by atoms with van der Waals surface area (Å²) < 4.78 is 20.8. The summed E-state index contributed by atoms with van der Waals surface area (Å²) in [7, 11) is 0. The van der Waals surface area contributed by atoms with E-state index < -0.39 is 111 Å². The van der Waals surface area contributed by atoms with Gasteiger partial charge in [-0.2, -0.15) is 0 Å². The van der Waals surface area contributed by atoms with Crippen molar-refractivity contribution >= 4 is 0 Å². The van der Waals surface area contributed by atoms with E-state index in [4.69, 9.17) is 18.9 Å². The number of hydrogen-bond acceptors (Lipinski definition) is 17. The van der Waals surface area contributed by atoms with Crippen molar-refractivity contribution in [2.45, 2.75) is 84.5 Å². The average Bonchev–Trinajstić information content (AvgIpc) is 3.10. The van der Waals surface area contributed by atoms with Gasteiger partial charge in [-0.1, -0.05) is 0 Å². The molecule has 3 fully saturated rings. The Morgan fingerprint density at radius 2 is 1.29 bits per heavy atom. The minimum absolute atomic E-state index is 0.808. The molecule has 3 rings (SSSR count). The second-order valence-corrected chi connectivity index (χ2v) is 8.83. The van der Waals surface area contributed by atoms with Gasteiger partial charge in [-0.15, -0.1) is 0 Å². The topological polar surface area (TPSA) is 300 Å². The van der Waals surface area contributed by atoms with Gasteiger partial charge < -0.3 is 85.3 Å². The summed E-state index contributed by atoms with van der Waals surface area (Å²) in [4.78, 5) is 0. The smallest absolute Gasteiger partial charge is 0.224 e. The van der Waals surface area contributed by atoms with Gasteiger partial charge in [0.15, 0.2) is 11.9 Å². The Balaban J connectivity index is 1.91. The predicted octanol–water partition coefficient (Wildman–Crippen LogP) is -8.86. The summed E-state index contributed by atoms with van der Waals surface area (Å²) in [5.74, 6) is -5.44. The maximum atomic E-state index is 11.2. The van der Waals surface area contributed by atoms with Crippen molar-refractivity contribution in [2.75, 3.05) is 26.4 Å². The minimum Gasteiger partial charge on any atom is -0.394 e. The molecule has 0 saturated carbocycles. The summed E-state index contributed by atoms with van der Waals surface area (Å²) in [6.45, 7) is -4.49. The molecule has 17 nitrogen and oxygen atoms in total. The lowest BCUT2D eigenvalue weighted by atomic mass is 9.74. The van der Waals surface area contributed by atoms with Gasteiger partial charge in [-0.3, -0.25) is 0 Å². The molecule has 14 atom stereocenters. The van der Waals surface area contributed by atoms with E-state index in [1.807, 2.05) is 0 Å². The van der Waals surface area contributed by atoms with Crippen LogP contribution in [0, 0.1) is 0 Å². The van der Waals surface area contributed by atoms with Crippen LogP contribution in [-0.4, -0.2) is 177 Å². The monoisotopic (exact) mass is 520 g/mol. The highest BCUT2D eigenvalue weighted by molar-refractivity contribution is 5.13. The van der Waals surface area contributed by atoms with Gasteiger partial charge in [0, 0.05) is 0 Å². The molecule has 0 aliphatic carbocycles. The quantitative estimate of drug-likeness (QED) is 0.148. The van der Waals surface area contributed by atoms with E-state index in [2.05, 4.69) is 0 Å². The Morgan fingerprint density at radius 1 is 0.657 bits per heavy atom. The van der Waals surface area contributed by atoms with Crippen molar-refractivity contribution in [2.24, 2.45) is 0 Å². The normalized spacial score (nSPS) is 55.3. The first-order valence-electron chi connectivity index (χ1n) is 10.6. The number of aliphatic hydroxyl groups excluding tert-OH is 11. The second-order valence-electron chi connectivity index (χ2n) is 8.83. The Kier molecular flexibility index (Phi) is 8.45. The Hall–Kier alpha value is -0.680. The van der Waals surface area contributed by atoms with Crippen molar-refractivity contribution in [3.05, 3.63) is 0 Å². The largest absolute Gasteiger partial charge is 0.394 e. The van der Waals surface area contributed by atoms with Crippen LogP contribution in [0.3, 0.4) is 0 Å². The van der Waals surface area contributed by atoms with Crippen molar-refractivity contribution in [1.82, 2.24) is 0 Å². The molecule has 35 heavy (non-hydrogen) atoms. The number of hydrogen-bond donors (Lipinski definition) is 13. The van der Waals surface area contributed by atoms with E-state index in [1.54, 1.807) is 0 Å². The van der Waals surface area contributed by atoms with Crippen LogP contribution in [-0.2, 0) is 18.9 Å². The molecule has 0 aromatic rings. The van der Waals surface area contributed by atoms with Crippen molar-refractivity contribution < 1.29 is 85.3 Å². The van der Waals surface area contributed by atoms with Crippen LogP contribution >= 0.6 is 0 Å². The molecule has 0 bridgehead atoms. The van der Waals surface area contributed by atoms with Crippen LogP contribution in [0.5, 0.6) is 0 Å². The first kappa shape index (κ1) is 28.9. The van der Waals surface area contributed by atoms with Gasteiger partial charge >= 0.3 is 0 Å². The Morgan fingerprint density at radius 3 is 1.77 bits per heavy atom. The van der Waals surface area contributed by atoms with Crippen molar-refractivity contribution in [1.29, 1.82) is 0 Å². The zero-order chi connectivity index (χ0) is 26.5. The van der Waals surface area contributed by atoms with E-state index in [-0.39, 0.29) is 0 Å². The number of ether oxygens (including phenoxy) is 4. The molecule has 0 aromatic carbocycles. The molecule has 0 aromatic heterocycles. The van der Waals surface area contributed by atoms with Gasteiger partial charge in [0.1, 0.15) is 67.6 Å². The van der Waals surface area contributed by atoms with Crippen LogP contribution in [0.2, 0.25) is 0 Å². The standard InChI is InChI=1S/C18H32O17/c19-1-5-7(23)12(28)17(4-22,33-5)35-15-10(26)13(29)18(31,6(2-20)32-15)14-9(25)8(24)11(27)16(30,3-21)34-14/h5-15,19-31H,1-4H2/t5-,6-,7-,8-,9+,10-,11+,12+,13-,14?,15-,16+,17?,18-/m1/s1.